The first kappa shape index (κ1) is 63.7. The van der Waals surface area contributed by atoms with Gasteiger partial charge in [-0.15, -0.1) is 0 Å². The number of aromatic hydroxyl groups is 2. The van der Waals surface area contributed by atoms with Gasteiger partial charge in [0.15, 0.2) is 60.4 Å². The third-order valence-electron chi connectivity index (χ3n) is 6.64. The summed E-state index contributed by atoms with van der Waals surface area (Å²) in [4.78, 5) is 43.3. The van der Waals surface area contributed by atoms with Gasteiger partial charge in [0.2, 0.25) is 11.4 Å². The largest absolute Gasteiger partial charge is 0.505 e. The van der Waals surface area contributed by atoms with Crippen LogP contribution in [0.3, 0.4) is 0 Å². The zero-order valence-corrected chi connectivity index (χ0v) is 46.0. The predicted octanol–water partition coefficient (Wildman–Crippen LogP) is 5.58. The number of sulfonamides is 2. The molecular formula is C35H49N11O18S8. The lowest BCUT2D eigenvalue weighted by Crippen LogP contribution is -2.27. The highest BCUT2D eigenvalue weighted by atomic mass is 32.3. The summed E-state index contributed by atoms with van der Waals surface area (Å²) in [7, 11) is -2.01. The first-order chi connectivity index (χ1) is 33.2. The normalized spacial score (nSPS) is 10.7. The second kappa shape index (κ2) is 28.7. The van der Waals surface area contributed by atoms with Crippen molar-refractivity contribution in [2.75, 3.05) is 44.8 Å². The van der Waals surface area contributed by atoms with E-state index in [1.807, 2.05) is 12.3 Å². The highest BCUT2D eigenvalue weighted by molar-refractivity contribution is 7.91. The zero-order chi connectivity index (χ0) is 55.4. The number of rotatable bonds is 10. The number of aromatic carboxylic acids is 2. The van der Waals surface area contributed by atoms with E-state index >= 15 is 0 Å². The lowest BCUT2D eigenvalue weighted by Gasteiger charge is -2.19. The van der Waals surface area contributed by atoms with Crippen LogP contribution in [-0.2, 0) is 29.5 Å². The van der Waals surface area contributed by atoms with Gasteiger partial charge in [0.1, 0.15) is 11.2 Å². The number of anilines is 3. The van der Waals surface area contributed by atoms with Gasteiger partial charge in [0, 0.05) is 0 Å². The van der Waals surface area contributed by atoms with Crippen LogP contribution in [0.1, 0.15) is 68.2 Å². The topological polar surface area (TPSA) is 452 Å². The standard InChI is InChI=1S/C9H15N3O5S2.C9H14N2O3S.C5H5NO3S.C5H7NOS.C4H3NO3S.C3H5N3O3S2/c1-9(2,3)17-8(13)11-6-5(16-4)7(18-12-6)19(10,14)15;1-9(2,3)14-8(12)10-7-6(13-4)5-15-11-7;1-9-3-2-10-6-4(3)5(7)8;1-4-5(7-2)3-8-6-4;6-2-1-9-5-3(2)4(7)8;4-2-1(7)3(10-6-2)11(5,8)9/h1-4H3,(H2,10,14,15)(H,11,12,13);5H,1-4H3,(H,10,11,12);2H,1H3,(H,7,8);3H,1-2H3;1,6H,(H,7,8);7H,(H2,4,6)(H2,5,8,9). The number of nitrogens with two attached hydrogens (primary N) is 3. The maximum absolute atomic E-state index is 11.6. The van der Waals surface area contributed by atoms with Gasteiger partial charge in [-0.05, 0) is 118 Å². The molecule has 400 valence electrons. The van der Waals surface area contributed by atoms with Crippen LogP contribution in [-0.4, -0.2) is 127 Å². The van der Waals surface area contributed by atoms with E-state index in [2.05, 4.69) is 36.9 Å². The Bertz CT molecular complexity index is 2920. The Balaban J connectivity index is 0.000000443. The monoisotopic (exact) mass is 1170 g/mol. The van der Waals surface area contributed by atoms with Gasteiger partial charge >= 0.3 is 24.1 Å². The van der Waals surface area contributed by atoms with Crippen LogP contribution < -0.4 is 45.6 Å². The molecule has 2 amide bonds. The molecule has 37 heteroatoms. The first-order valence-corrected chi connectivity index (χ1v) is 26.7. The number of nitrogen functional groups attached to an aromatic ring is 1. The summed E-state index contributed by atoms with van der Waals surface area (Å²) in [6, 6.07) is 0. The number of carboxylic acids is 2. The number of nitrogens with zero attached hydrogens (tertiary/aromatic N) is 6. The minimum Gasteiger partial charge on any atom is -0.505 e. The van der Waals surface area contributed by atoms with Crippen molar-refractivity contribution in [3.05, 3.63) is 38.6 Å². The van der Waals surface area contributed by atoms with Crippen molar-refractivity contribution >= 4 is 131 Å². The minimum absolute atomic E-state index is 0.0208. The van der Waals surface area contributed by atoms with Crippen LogP contribution in [0, 0.1) is 6.92 Å². The number of carboxylic acid groups (broad SMARTS) is 2. The molecule has 72 heavy (non-hydrogen) atoms. The van der Waals surface area contributed by atoms with Gasteiger partial charge in [0.25, 0.3) is 20.0 Å². The molecule has 0 bridgehead atoms. The SMILES string of the molecule is COc1c(NC(=O)OC(C)(C)C)nsc1S(N)(=O)=O.COc1csnc1C.COc1csnc1C(=O)O.COc1csnc1NC(=O)OC(C)(C)C.Nc1nsc(S(N)(=O)=O)c1O.O=C(O)c1nscc1O. The van der Waals surface area contributed by atoms with E-state index < -0.39 is 65.3 Å². The average molecular weight is 1170 g/mol. The molecule has 12 N–H and O–H groups in total. The number of aromatic nitrogens is 6. The average Bonchev–Trinajstić information content (AvgIpc) is 4.12. The summed E-state index contributed by atoms with van der Waals surface area (Å²) in [5, 5.41) is 55.2. The summed E-state index contributed by atoms with van der Waals surface area (Å²) >= 11 is 5.75. The molecule has 6 rings (SSSR count). The number of ether oxygens (including phenoxy) is 6. The van der Waals surface area contributed by atoms with E-state index in [1.165, 1.54) is 49.8 Å². The number of primary sulfonamides is 2. The minimum atomic E-state index is -3.96. The van der Waals surface area contributed by atoms with Crippen molar-refractivity contribution in [3.8, 4) is 34.5 Å². The summed E-state index contributed by atoms with van der Waals surface area (Å²) in [6.07, 6.45) is -1.30. The maximum Gasteiger partial charge on any atom is 0.413 e. The quantitative estimate of drug-likeness (QED) is 0.0808. The van der Waals surface area contributed by atoms with Gasteiger partial charge in [-0.25, -0.2) is 46.3 Å². The molecule has 29 nitrogen and oxygen atoms in total. The molecule has 0 radical (unpaired) electrons. The van der Waals surface area contributed by atoms with Crippen LogP contribution in [0.2, 0.25) is 0 Å². The van der Waals surface area contributed by atoms with Crippen LogP contribution in [0.5, 0.6) is 34.5 Å². The molecule has 6 heterocycles. The molecule has 0 saturated carbocycles. The fourth-order valence-corrected chi connectivity index (χ4v) is 9.13. The Kier molecular flexibility index (Phi) is 25.3. The lowest BCUT2D eigenvalue weighted by molar-refractivity contribution is 0.0623. The van der Waals surface area contributed by atoms with Gasteiger partial charge in [-0.2, -0.15) is 26.2 Å². The molecule has 0 spiro atoms. The lowest BCUT2D eigenvalue weighted by atomic mass is 10.2. The maximum atomic E-state index is 11.6. The van der Waals surface area contributed by atoms with E-state index in [9.17, 15) is 36.0 Å². The number of nitrogens with one attached hydrogen (secondary N) is 2. The first-order valence-electron chi connectivity index (χ1n) is 18.8. The number of carbonyl (C=O) groups excluding carboxylic acids is 2. The molecular weight excluding hydrogens is 1120 g/mol. The summed E-state index contributed by atoms with van der Waals surface area (Å²) < 4.78 is 94.8. The fourth-order valence-electron chi connectivity index (χ4n) is 3.81. The Hall–Kier alpha value is -6.32. The van der Waals surface area contributed by atoms with Crippen molar-refractivity contribution in [2.24, 2.45) is 10.3 Å². The van der Waals surface area contributed by atoms with E-state index in [1.54, 1.807) is 59.4 Å². The number of methoxy groups -OCH3 is 4. The van der Waals surface area contributed by atoms with Crippen LogP contribution >= 0.6 is 69.2 Å². The fraction of sp³-hybridized carbons (Fsp3) is 0.371. The summed E-state index contributed by atoms with van der Waals surface area (Å²) in [6.45, 7) is 12.4. The Labute approximate surface area is 435 Å². The Morgan fingerprint density at radius 2 is 1.01 bits per heavy atom. The molecule has 6 aromatic heterocycles. The third kappa shape index (κ3) is 22.4. The van der Waals surface area contributed by atoms with E-state index in [4.69, 9.17) is 64.9 Å². The second-order valence-corrected chi connectivity index (χ2v) is 22.1. The van der Waals surface area contributed by atoms with Crippen LogP contribution in [0.15, 0.2) is 29.9 Å². The smallest absolute Gasteiger partial charge is 0.413 e. The van der Waals surface area contributed by atoms with Crippen molar-refractivity contribution < 1.29 is 84.9 Å². The number of carbonyl (C=O) groups is 4. The summed E-state index contributed by atoms with van der Waals surface area (Å²) in [5.41, 5.74) is 4.53. The van der Waals surface area contributed by atoms with Gasteiger partial charge in [0.05, 0.1) is 55.7 Å². The molecule has 0 fully saturated rings. The van der Waals surface area contributed by atoms with Crippen molar-refractivity contribution in [1.82, 2.24) is 26.2 Å². The predicted molar refractivity (Wildman–Crippen MR) is 268 cm³/mol. The highest BCUT2D eigenvalue weighted by Crippen LogP contribution is 2.35. The van der Waals surface area contributed by atoms with Crippen LogP contribution in [0.4, 0.5) is 27.0 Å². The number of amides is 2. The van der Waals surface area contributed by atoms with E-state index in [0.717, 1.165) is 34.5 Å². The molecule has 0 aromatic carbocycles. The third-order valence-corrected chi connectivity index (χ3v) is 13.7. The molecule has 6 aromatic rings. The Morgan fingerprint density at radius 1 is 0.583 bits per heavy atom. The van der Waals surface area contributed by atoms with Gasteiger partial charge in [-0.3, -0.25) is 10.6 Å². The highest BCUT2D eigenvalue weighted by Gasteiger charge is 2.26. The van der Waals surface area contributed by atoms with Crippen molar-refractivity contribution in [1.29, 1.82) is 0 Å². The van der Waals surface area contributed by atoms with Gasteiger partial charge < -0.3 is 54.6 Å². The second-order valence-electron chi connectivity index (χ2n) is 14.5. The number of aryl methyl sites for hydroxylation is 1. The van der Waals surface area contributed by atoms with Gasteiger partial charge in [-0.1, -0.05) is 0 Å². The number of hydrogen-bond donors (Lipinski definition) is 9. The summed E-state index contributed by atoms with van der Waals surface area (Å²) in [5.74, 6) is -1.37. The zero-order valence-electron chi connectivity index (χ0n) is 39.5. The van der Waals surface area contributed by atoms with E-state index in [-0.39, 0.29) is 38.7 Å². The Morgan fingerprint density at radius 3 is 1.35 bits per heavy atom. The molecule has 0 aliphatic heterocycles. The number of hydrogen-bond acceptors (Lipinski definition) is 29. The van der Waals surface area contributed by atoms with Crippen LogP contribution in [0.25, 0.3) is 0 Å². The molecule has 0 atom stereocenters. The molecule has 0 unspecified atom stereocenters. The molecule has 0 saturated heterocycles. The van der Waals surface area contributed by atoms with Crippen molar-refractivity contribution in [3.63, 3.8) is 0 Å². The molecule has 0 aliphatic rings. The van der Waals surface area contributed by atoms with Crippen molar-refractivity contribution in [2.45, 2.75) is 68.1 Å². The van der Waals surface area contributed by atoms with E-state index in [0.29, 0.717) is 40.4 Å². The molecule has 0 aliphatic carbocycles.